The molecule has 2 rings (SSSR count). The van der Waals surface area contributed by atoms with Crippen molar-refractivity contribution < 1.29 is 0 Å². The Bertz CT molecular complexity index is 356. The highest BCUT2D eigenvalue weighted by Crippen LogP contribution is 2.40. The first-order valence-corrected chi connectivity index (χ1v) is 7.06. The number of halogens is 1. The third kappa shape index (κ3) is 2.55. The van der Waals surface area contributed by atoms with Gasteiger partial charge in [-0.1, -0.05) is 30.7 Å². The van der Waals surface area contributed by atoms with Crippen molar-refractivity contribution in [3.63, 3.8) is 0 Å². The van der Waals surface area contributed by atoms with Crippen LogP contribution in [0.3, 0.4) is 0 Å². The molecule has 0 bridgehead atoms. The Hall–Kier alpha value is -0.180. The van der Waals surface area contributed by atoms with Crippen molar-refractivity contribution in [2.24, 2.45) is 5.92 Å². The molecule has 0 aromatic heterocycles. The molecule has 0 radical (unpaired) electrons. The van der Waals surface area contributed by atoms with Crippen molar-refractivity contribution in [2.45, 2.75) is 36.0 Å². The maximum Gasteiger partial charge on any atom is 0.0541 e. The predicted octanol–water partition coefficient (Wildman–Crippen LogP) is 3.82. The maximum absolute atomic E-state index is 6.18. The molecule has 1 N–H and O–H groups in total. The third-order valence-electron chi connectivity index (χ3n) is 3.47. The SMILES string of the molecule is CNC1CCC(Sc2ccccc2Cl)C1C. The van der Waals surface area contributed by atoms with Gasteiger partial charge in [0.05, 0.1) is 5.02 Å². The smallest absolute Gasteiger partial charge is 0.0541 e. The van der Waals surface area contributed by atoms with E-state index in [4.69, 9.17) is 11.6 Å². The lowest BCUT2D eigenvalue weighted by molar-refractivity contribution is 0.464. The fourth-order valence-electron chi connectivity index (χ4n) is 2.41. The van der Waals surface area contributed by atoms with Crippen molar-refractivity contribution >= 4 is 23.4 Å². The van der Waals surface area contributed by atoms with Gasteiger partial charge in [-0.05, 0) is 37.9 Å². The summed E-state index contributed by atoms with van der Waals surface area (Å²) in [5, 5.41) is 4.97. The molecule has 3 atom stereocenters. The molecule has 1 aromatic rings. The predicted molar refractivity (Wildman–Crippen MR) is 72.3 cm³/mol. The first-order chi connectivity index (χ1) is 7.72. The summed E-state index contributed by atoms with van der Waals surface area (Å²) in [6.07, 6.45) is 2.56. The number of rotatable bonds is 3. The van der Waals surface area contributed by atoms with Crippen LogP contribution in [0.1, 0.15) is 19.8 Å². The van der Waals surface area contributed by atoms with Gasteiger partial charge in [0.15, 0.2) is 0 Å². The zero-order valence-electron chi connectivity index (χ0n) is 9.74. The Morgan fingerprint density at radius 1 is 1.31 bits per heavy atom. The van der Waals surface area contributed by atoms with Crippen LogP contribution in [0.5, 0.6) is 0 Å². The zero-order chi connectivity index (χ0) is 11.5. The van der Waals surface area contributed by atoms with Gasteiger partial charge in [-0.3, -0.25) is 0 Å². The topological polar surface area (TPSA) is 12.0 Å². The molecule has 0 saturated heterocycles. The summed E-state index contributed by atoms with van der Waals surface area (Å²) in [4.78, 5) is 1.22. The van der Waals surface area contributed by atoms with Crippen molar-refractivity contribution in [3.05, 3.63) is 29.3 Å². The molecule has 1 aliphatic carbocycles. The minimum Gasteiger partial charge on any atom is -0.317 e. The molecule has 16 heavy (non-hydrogen) atoms. The molecule has 3 heteroatoms. The Labute approximate surface area is 107 Å². The molecule has 1 nitrogen and oxygen atoms in total. The highest BCUT2D eigenvalue weighted by atomic mass is 35.5. The standard InChI is InChI=1S/C13H18ClNS/c1-9-11(15-2)7-8-12(9)16-13-6-4-3-5-10(13)14/h3-6,9,11-12,15H,7-8H2,1-2H3. The van der Waals surface area contributed by atoms with E-state index in [2.05, 4.69) is 31.4 Å². The lowest BCUT2D eigenvalue weighted by atomic mass is 10.1. The van der Waals surface area contributed by atoms with Crippen LogP contribution in [0, 0.1) is 5.92 Å². The zero-order valence-corrected chi connectivity index (χ0v) is 11.3. The van der Waals surface area contributed by atoms with Crippen LogP contribution in [-0.4, -0.2) is 18.3 Å². The van der Waals surface area contributed by atoms with E-state index in [0.717, 1.165) is 5.02 Å². The van der Waals surface area contributed by atoms with E-state index in [-0.39, 0.29) is 0 Å². The number of hydrogen-bond acceptors (Lipinski definition) is 2. The highest BCUT2D eigenvalue weighted by Gasteiger charge is 2.32. The van der Waals surface area contributed by atoms with Crippen molar-refractivity contribution in [1.82, 2.24) is 5.32 Å². The van der Waals surface area contributed by atoms with Gasteiger partial charge in [-0.15, -0.1) is 11.8 Å². The summed E-state index contributed by atoms with van der Waals surface area (Å²) >= 11 is 8.12. The fraction of sp³-hybridized carbons (Fsp3) is 0.538. The van der Waals surface area contributed by atoms with E-state index in [9.17, 15) is 0 Å². The molecule has 0 amide bonds. The maximum atomic E-state index is 6.18. The molecule has 0 spiro atoms. The average Bonchev–Trinajstić information content (AvgIpc) is 2.63. The molecule has 1 fully saturated rings. The summed E-state index contributed by atoms with van der Waals surface area (Å²) in [6, 6.07) is 8.80. The van der Waals surface area contributed by atoms with Crippen molar-refractivity contribution in [3.8, 4) is 0 Å². The van der Waals surface area contributed by atoms with Crippen LogP contribution in [0.2, 0.25) is 5.02 Å². The number of nitrogens with one attached hydrogen (secondary N) is 1. The Kier molecular flexibility index (Phi) is 4.17. The summed E-state index contributed by atoms with van der Waals surface area (Å²) in [6.45, 7) is 2.34. The van der Waals surface area contributed by atoms with Crippen LogP contribution < -0.4 is 5.32 Å². The Balaban J connectivity index is 2.04. The second kappa shape index (κ2) is 5.44. The van der Waals surface area contributed by atoms with Crippen molar-refractivity contribution in [2.75, 3.05) is 7.05 Å². The van der Waals surface area contributed by atoms with Crippen LogP contribution in [0.4, 0.5) is 0 Å². The number of thioether (sulfide) groups is 1. The minimum absolute atomic E-state index is 0.667. The summed E-state index contributed by atoms with van der Waals surface area (Å²) in [5.41, 5.74) is 0. The molecule has 1 aliphatic rings. The largest absolute Gasteiger partial charge is 0.317 e. The molecule has 1 saturated carbocycles. The molecule has 1 aromatic carbocycles. The monoisotopic (exact) mass is 255 g/mol. The van der Waals surface area contributed by atoms with Gasteiger partial charge in [0.2, 0.25) is 0 Å². The molecule has 3 unspecified atom stereocenters. The Morgan fingerprint density at radius 2 is 2.06 bits per heavy atom. The second-order valence-corrected chi connectivity index (χ2v) is 6.11. The first kappa shape index (κ1) is 12.3. The molecule has 0 heterocycles. The van der Waals surface area contributed by atoms with Gasteiger partial charge in [-0.2, -0.15) is 0 Å². The van der Waals surface area contributed by atoms with Gasteiger partial charge in [0, 0.05) is 16.2 Å². The van der Waals surface area contributed by atoms with Gasteiger partial charge < -0.3 is 5.32 Å². The lowest BCUT2D eigenvalue weighted by Gasteiger charge is -2.20. The van der Waals surface area contributed by atoms with E-state index in [0.29, 0.717) is 17.2 Å². The van der Waals surface area contributed by atoms with Gasteiger partial charge in [0.25, 0.3) is 0 Å². The minimum atomic E-state index is 0.667. The van der Waals surface area contributed by atoms with Crippen LogP contribution in [0.25, 0.3) is 0 Å². The normalized spacial score (nSPS) is 29.6. The summed E-state index contributed by atoms with van der Waals surface area (Å²) < 4.78 is 0. The van der Waals surface area contributed by atoms with E-state index >= 15 is 0 Å². The van der Waals surface area contributed by atoms with Crippen LogP contribution >= 0.6 is 23.4 Å². The number of benzene rings is 1. The number of hydrogen-bond donors (Lipinski definition) is 1. The fourth-order valence-corrected chi connectivity index (χ4v) is 4.00. The van der Waals surface area contributed by atoms with E-state index in [1.165, 1.54) is 17.7 Å². The molecular formula is C13H18ClNS. The van der Waals surface area contributed by atoms with Gasteiger partial charge in [0.1, 0.15) is 0 Å². The first-order valence-electron chi connectivity index (χ1n) is 5.81. The highest BCUT2D eigenvalue weighted by molar-refractivity contribution is 8.00. The van der Waals surface area contributed by atoms with Crippen LogP contribution in [-0.2, 0) is 0 Å². The van der Waals surface area contributed by atoms with E-state index in [1.807, 2.05) is 23.9 Å². The van der Waals surface area contributed by atoms with Crippen molar-refractivity contribution in [1.29, 1.82) is 0 Å². The Morgan fingerprint density at radius 3 is 2.69 bits per heavy atom. The van der Waals surface area contributed by atoms with E-state index in [1.54, 1.807) is 0 Å². The molecular weight excluding hydrogens is 238 g/mol. The average molecular weight is 256 g/mol. The van der Waals surface area contributed by atoms with Crippen LogP contribution in [0.15, 0.2) is 29.2 Å². The van der Waals surface area contributed by atoms with Gasteiger partial charge >= 0.3 is 0 Å². The summed E-state index contributed by atoms with van der Waals surface area (Å²) in [7, 11) is 2.06. The van der Waals surface area contributed by atoms with Gasteiger partial charge in [-0.25, -0.2) is 0 Å². The quantitative estimate of drug-likeness (QED) is 0.881. The molecule has 0 aliphatic heterocycles. The lowest BCUT2D eigenvalue weighted by Crippen LogP contribution is -2.29. The van der Waals surface area contributed by atoms with E-state index < -0.39 is 0 Å². The second-order valence-electron chi connectivity index (χ2n) is 4.42. The third-order valence-corrected chi connectivity index (χ3v) is 5.49. The summed E-state index contributed by atoms with van der Waals surface area (Å²) in [5.74, 6) is 0.714. The molecule has 88 valence electrons.